The normalized spacial score (nSPS) is 18.2. The smallest absolute Gasteiger partial charge is 0.378 e. The zero-order valence-electron chi connectivity index (χ0n) is 17.1. The van der Waals surface area contributed by atoms with Crippen LogP contribution in [0.3, 0.4) is 0 Å². The lowest BCUT2D eigenvalue weighted by molar-refractivity contribution is -0.137. The SMILES string of the molecule is COCc1cc(N2CCOC(c3ccc(C(F)(F)F)cc3)C2)nc(C(C)(C)C)n1. The lowest BCUT2D eigenvalue weighted by Gasteiger charge is -2.34. The van der Waals surface area contributed by atoms with Crippen molar-refractivity contribution in [1.29, 1.82) is 0 Å². The van der Waals surface area contributed by atoms with E-state index in [1.165, 1.54) is 12.1 Å². The van der Waals surface area contributed by atoms with Crippen LogP contribution in [-0.4, -0.2) is 36.8 Å². The molecule has 1 aromatic carbocycles. The number of rotatable bonds is 4. The highest BCUT2D eigenvalue weighted by atomic mass is 19.4. The maximum atomic E-state index is 12.8. The summed E-state index contributed by atoms with van der Waals surface area (Å²) in [5.41, 5.74) is 0.617. The largest absolute Gasteiger partial charge is 0.416 e. The summed E-state index contributed by atoms with van der Waals surface area (Å²) in [7, 11) is 1.62. The van der Waals surface area contributed by atoms with Crippen molar-refractivity contribution in [1.82, 2.24) is 9.97 Å². The Hall–Kier alpha value is -2.19. The summed E-state index contributed by atoms with van der Waals surface area (Å²) in [5, 5.41) is 0. The number of morpholine rings is 1. The fourth-order valence-corrected chi connectivity index (χ4v) is 3.15. The van der Waals surface area contributed by atoms with Gasteiger partial charge in [-0.15, -0.1) is 0 Å². The molecular weight excluding hydrogens is 383 g/mol. The first-order valence-electron chi connectivity index (χ1n) is 9.49. The molecule has 0 amide bonds. The molecule has 0 spiro atoms. The summed E-state index contributed by atoms with van der Waals surface area (Å²) >= 11 is 0. The Morgan fingerprint density at radius 2 is 1.83 bits per heavy atom. The van der Waals surface area contributed by atoms with Crippen molar-refractivity contribution in [3.8, 4) is 0 Å². The average molecular weight is 409 g/mol. The number of halogens is 3. The predicted octanol–water partition coefficient (Wildman–Crippen LogP) is 4.52. The molecule has 3 rings (SSSR count). The van der Waals surface area contributed by atoms with Gasteiger partial charge in [-0.3, -0.25) is 0 Å². The molecule has 0 bridgehead atoms. The van der Waals surface area contributed by atoms with Crippen LogP contribution in [0.5, 0.6) is 0 Å². The number of alkyl halides is 3. The third-order valence-corrected chi connectivity index (χ3v) is 4.73. The van der Waals surface area contributed by atoms with E-state index in [1.54, 1.807) is 7.11 Å². The van der Waals surface area contributed by atoms with Crippen molar-refractivity contribution >= 4 is 5.82 Å². The Balaban J connectivity index is 1.84. The molecule has 2 aromatic rings. The van der Waals surface area contributed by atoms with Crippen molar-refractivity contribution in [2.24, 2.45) is 0 Å². The Morgan fingerprint density at radius 1 is 1.14 bits per heavy atom. The molecule has 158 valence electrons. The molecule has 5 nitrogen and oxygen atoms in total. The zero-order valence-corrected chi connectivity index (χ0v) is 17.1. The number of benzene rings is 1. The monoisotopic (exact) mass is 409 g/mol. The highest BCUT2D eigenvalue weighted by Gasteiger charge is 2.31. The standard InChI is InChI=1S/C21H26F3N3O2/c1-20(2,3)19-25-16(13-28-4)11-18(26-19)27-9-10-29-17(12-27)14-5-7-15(8-6-14)21(22,23)24/h5-8,11,17H,9-10,12-13H2,1-4H3. The fraction of sp³-hybridized carbons (Fsp3) is 0.524. The second kappa shape index (κ2) is 8.28. The van der Waals surface area contributed by atoms with Crippen molar-refractivity contribution in [3.63, 3.8) is 0 Å². The minimum atomic E-state index is -4.35. The van der Waals surface area contributed by atoms with Crippen LogP contribution in [-0.2, 0) is 27.7 Å². The lowest BCUT2D eigenvalue weighted by Crippen LogP contribution is -2.39. The van der Waals surface area contributed by atoms with E-state index in [0.717, 1.165) is 29.5 Å². The Labute approximate surface area is 168 Å². The van der Waals surface area contributed by atoms with E-state index in [0.29, 0.717) is 31.9 Å². The second-order valence-corrected chi connectivity index (χ2v) is 8.15. The number of methoxy groups -OCH3 is 1. The fourth-order valence-electron chi connectivity index (χ4n) is 3.15. The molecule has 0 aliphatic carbocycles. The number of hydrogen-bond acceptors (Lipinski definition) is 5. The second-order valence-electron chi connectivity index (χ2n) is 8.15. The quantitative estimate of drug-likeness (QED) is 0.743. The third kappa shape index (κ3) is 5.25. The van der Waals surface area contributed by atoms with E-state index in [-0.39, 0.29) is 11.5 Å². The minimum Gasteiger partial charge on any atom is -0.378 e. The Morgan fingerprint density at radius 3 is 2.41 bits per heavy atom. The van der Waals surface area contributed by atoms with E-state index < -0.39 is 11.7 Å². The first-order valence-corrected chi connectivity index (χ1v) is 9.49. The number of anilines is 1. The predicted molar refractivity (Wildman–Crippen MR) is 104 cm³/mol. The molecule has 8 heteroatoms. The highest BCUT2D eigenvalue weighted by Crippen LogP contribution is 2.32. The number of nitrogens with zero attached hydrogens (tertiary/aromatic N) is 3. The van der Waals surface area contributed by atoms with Gasteiger partial charge in [0.15, 0.2) is 0 Å². The topological polar surface area (TPSA) is 47.5 Å². The van der Waals surface area contributed by atoms with Gasteiger partial charge in [-0.1, -0.05) is 32.9 Å². The molecule has 0 N–H and O–H groups in total. The molecule has 1 saturated heterocycles. The maximum Gasteiger partial charge on any atom is 0.416 e. The first-order chi connectivity index (χ1) is 13.6. The summed E-state index contributed by atoms with van der Waals surface area (Å²) in [4.78, 5) is 11.4. The summed E-state index contributed by atoms with van der Waals surface area (Å²) in [6, 6.07) is 7.04. The molecule has 1 aliphatic heterocycles. The highest BCUT2D eigenvalue weighted by molar-refractivity contribution is 5.42. The van der Waals surface area contributed by atoms with E-state index in [4.69, 9.17) is 14.5 Å². The molecule has 1 aromatic heterocycles. The van der Waals surface area contributed by atoms with Crippen LogP contribution in [0, 0.1) is 0 Å². The van der Waals surface area contributed by atoms with Crippen molar-refractivity contribution in [2.75, 3.05) is 31.7 Å². The number of aromatic nitrogens is 2. The molecule has 2 heterocycles. The lowest BCUT2D eigenvalue weighted by atomic mass is 9.95. The van der Waals surface area contributed by atoms with Crippen molar-refractivity contribution < 1.29 is 22.6 Å². The van der Waals surface area contributed by atoms with Crippen molar-refractivity contribution in [3.05, 3.63) is 53.0 Å². The summed E-state index contributed by atoms with van der Waals surface area (Å²) in [5.74, 6) is 1.50. The van der Waals surface area contributed by atoms with Crippen LogP contribution in [0.25, 0.3) is 0 Å². The van der Waals surface area contributed by atoms with Crippen LogP contribution in [0.4, 0.5) is 19.0 Å². The molecule has 0 radical (unpaired) electrons. The van der Waals surface area contributed by atoms with Gasteiger partial charge in [-0.05, 0) is 17.7 Å². The van der Waals surface area contributed by atoms with E-state index in [1.807, 2.05) is 26.8 Å². The average Bonchev–Trinajstić information content (AvgIpc) is 2.67. The molecule has 0 saturated carbocycles. The number of ether oxygens (including phenoxy) is 2. The van der Waals surface area contributed by atoms with Crippen LogP contribution in [0.2, 0.25) is 0 Å². The van der Waals surface area contributed by atoms with E-state index in [9.17, 15) is 13.2 Å². The summed E-state index contributed by atoms with van der Waals surface area (Å²) in [6.45, 7) is 8.13. The van der Waals surface area contributed by atoms with Gasteiger partial charge in [-0.25, -0.2) is 9.97 Å². The molecular formula is C21H26F3N3O2. The van der Waals surface area contributed by atoms with Gasteiger partial charge in [0, 0.05) is 31.7 Å². The van der Waals surface area contributed by atoms with Crippen molar-refractivity contribution in [2.45, 2.75) is 45.1 Å². The molecule has 29 heavy (non-hydrogen) atoms. The van der Waals surface area contributed by atoms with Crippen LogP contribution in [0.1, 0.15) is 49.5 Å². The van der Waals surface area contributed by atoms with E-state index >= 15 is 0 Å². The Kier molecular flexibility index (Phi) is 6.14. The van der Waals surface area contributed by atoms with Gasteiger partial charge in [-0.2, -0.15) is 13.2 Å². The van der Waals surface area contributed by atoms with Gasteiger partial charge in [0.05, 0.1) is 24.5 Å². The van der Waals surface area contributed by atoms with Gasteiger partial charge in [0.2, 0.25) is 0 Å². The molecule has 1 aliphatic rings. The van der Waals surface area contributed by atoms with Crippen LogP contribution >= 0.6 is 0 Å². The first kappa shape index (κ1) is 21.5. The summed E-state index contributed by atoms with van der Waals surface area (Å²) in [6.07, 6.45) is -4.68. The minimum absolute atomic E-state index is 0.225. The van der Waals surface area contributed by atoms with Gasteiger partial charge < -0.3 is 14.4 Å². The van der Waals surface area contributed by atoms with Gasteiger partial charge in [0.25, 0.3) is 0 Å². The number of hydrogen-bond donors (Lipinski definition) is 0. The zero-order chi connectivity index (χ0) is 21.2. The summed E-state index contributed by atoms with van der Waals surface area (Å²) < 4.78 is 49.5. The molecule has 1 fully saturated rings. The van der Waals surface area contributed by atoms with Crippen LogP contribution in [0.15, 0.2) is 30.3 Å². The Bertz CT molecular complexity index is 833. The maximum absolute atomic E-state index is 12.8. The molecule has 1 atom stereocenters. The van der Waals surface area contributed by atoms with Gasteiger partial charge >= 0.3 is 6.18 Å². The van der Waals surface area contributed by atoms with Crippen LogP contribution < -0.4 is 4.90 Å². The van der Waals surface area contributed by atoms with E-state index in [2.05, 4.69) is 9.88 Å². The van der Waals surface area contributed by atoms with Gasteiger partial charge in [0.1, 0.15) is 17.7 Å². The third-order valence-electron chi connectivity index (χ3n) is 4.73. The molecule has 1 unspecified atom stereocenters.